The fourth-order valence-corrected chi connectivity index (χ4v) is 2.61. The third-order valence-electron chi connectivity index (χ3n) is 3.81. The van der Waals surface area contributed by atoms with Crippen LogP contribution in [0.1, 0.15) is 19.0 Å². The molecule has 1 atom stereocenters. The Labute approximate surface area is 121 Å². The van der Waals surface area contributed by atoms with E-state index in [2.05, 4.69) is 9.97 Å². The van der Waals surface area contributed by atoms with Gasteiger partial charge in [-0.3, -0.25) is 4.40 Å². The Morgan fingerprint density at radius 3 is 2.86 bits per heavy atom. The molecule has 3 aromatic rings. The lowest BCUT2D eigenvalue weighted by atomic mass is 9.94. The van der Waals surface area contributed by atoms with E-state index in [0.717, 1.165) is 22.3 Å². The normalized spacial score (nSPS) is 21.9. The number of alkyl halides is 1. The number of para-hydroxylation sites is 2. The Morgan fingerprint density at radius 2 is 2.05 bits per heavy atom. The van der Waals surface area contributed by atoms with Crippen molar-refractivity contribution in [1.82, 2.24) is 14.4 Å². The first-order valence-corrected chi connectivity index (χ1v) is 6.95. The molecular formula is C17H14FN3. The summed E-state index contributed by atoms with van der Waals surface area (Å²) in [6, 6.07) is 9.88. The van der Waals surface area contributed by atoms with Gasteiger partial charge in [-0.2, -0.15) is 0 Å². The molecule has 3 nitrogen and oxygen atoms in total. The van der Waals surface area contributed by atoms with E-state index in [1.807, 2.05) is 47.0 Å². The van der Waals surface area contributed by atoms with Crippen LogP contribution in [-0.4, -0.2) is 20.0 Å². The van der Waals surface area contributed by atoms with Gasteiger partial charge < -0.3 is 0 Å². The second-order valence-electron chi connectivity index (χ2n) is 5.56. The minimum atomic E-state index is -1.25. The molecule has 0 spiro atoms. The van der Waals surface area contributed by atoms with Gasteiger partial charge in [0.25, 0.3) is 0 Å². The van der Waals surface area contributed by atoms with Gasteiger partial charge in [0.1, 0.15) is 5.67 Å². The first-order valence-electron chi connectivity index (χ1n) is 6.95. The largest absolute Gasteiger partial charge is 0.284 e. The molecule has 104 valence electrons. The lowest BCUT2D eigenvalue weighted by Crippen LogP contribution is -2.15. The van der Waals surface area contributed by atoms with Gasteiger partial charge in [0.15, 0.2) is 0 Å². The quantitative estimate of drug-likeness (QED) is 0.675. The van der Waals surface area contributed by atoms with Crippen LogP contribution < -0.4 is 0 Å². The van der Waals surface area contributed by atoms with Gasteiger partial charge >= 0.3 is 0 Å². The van der Waals surface area contributed by atoms with Crippen LogP contribution in [0.25, 0.3) is 22.4 Å². The van der Waals surface area contributed by atoms with Crippen molar-refractivity contribution in [2.75, 3.05) is 0 Å². The van der Waals surface area contributed by atoms with Gasteiger partial charge in [-0.1, -0.05) is 24.3 Å². The van der Waals surface area contributed by atoms with Crippen LogP contribution in [0.4, 0.5) is 4.39 Å². The topological polar surface area (TPSA) is 30.2 Å². The molecule has 4 heteroatoms. The molecule has 1 aromatic carbocycles. The van der Waals surface area contributed by atoms with Crippen molar-refractivity contribution in [3.05, 3.63) is 60.5 Å². The fraction of sp³-hybridized carbons (Fsp3) is 0.176. The molecule has 21 heavy (non-hydrogen) atoms. The van der Waals surface area contributed by atoms with Crippen molar-refractivity contribution in [1.29, 1.82) is 0 Å². The third kappa shape index (κ3) is 2.03. The molecule has 0 N–H and O–H groups in total. The Balaban J connectivity index is 1.83. The minimum absolute atomic E-state index is 0.377. The standard InChI is InChI=1S/C17H14FN3/c1-17(18)9-6-12(7-10-17)13-8-11-21-15-5-3-2-4-14(15)20-16(21)19-13/h2-9,11H,10H2,1H3. The third-order valence-corrected chi connectivity index (χ3v) is 3.81. The molecule has 4 rings (SSSR count). The van der Waals surface area contributed by atoms with Crippen molar-refractivity contribution >= 4 is 22.4 Å². The summed E-state index contributed by atoms with van der Waals surface area (Å²) >= 11 is 0. The fourth-order valence-electron chi connectivity index (χ4n) is 2.61. The first-order chi connectivity index (χ1) is 10.1. The number of nitrogens with zero attached hydrogens (tertiary/aromatic N) is 3. The summed E-state index contributed by atoms with van der Waals surface area (Å²) in [5.74, 6) is 0.664. The van der Waals surface area contributed by atoms with E-state index in [0.29, 0.717) is 12.2 Å². The van der Waals surface area contributed by atoms with Crippen LogP contribution >= 0.6 is 0 Å². The molecule has 1 aliphatic carbocycles. The van der Waals surface area contributed by atoms with E-state index in [1.165, 1.54) is 0 Å². The van der Waals surface area contributed by atoms with Crippen LogP contribution in [0.15, 0.2) is 54.8 Å². The lowest BCUT2D eigenvalue weighted by Gasteiger charge is -2.18. The van der Waals surface area contributed by atoms with E-state index < -0.39 is 5.67 Å². The number of benzene rings is 1. The maximum atomic E-state index is 13.8. The summed E-state index contributed by atoms with van der Waals surface area (Å²) in [6.45, 7) is 1.58. The molecule has 1 aliphatic rings. The predicted octanol–water partition coefficient (Wildman–Crippen LogP) is 3.95. The molecule has 0 saturated heterocycles. The Bertz CT molecular complexity index is 903. The lowest BCUT2D eigenvalue weighted by molar-refractivity contribution is 0.260. The number of hydrogen-bond donors (Lipinski definition) is 0. The molecule has 0 aliphatic heterocycles. The van der Waals surface area contributed by atoms with Gasteiger partial charge in [-0.25, -0.2) is 14.4 Å². The minimum Gasteiger partial charge on any atom is -0.284 e. The Morgan fingerprint density at radius 1 is 1.19 bits per heavy atom. The second-order valence-corrected chi connectivity index (χ2v) is 5.56. The predicted molar refractivity (Wildman–Crippen MR) is 81.7 cm³/mol. The smallest absolute Gasteiger partial charge is 0.235 e. The van der Waals surface area contributed by atoms with Gasteiger partial charge in [-0.05, 0) is 36.8 Å². The number of fused-ring (bicyclic) bond motifs is 3. The molecule has 0 bridgehead atoms. The number of rotatable bonds is 1. The zero-order chi connectivity index (χ0) is 14.4. The summed E-state index contributed by atoms with van der Waals surface area (Å²) in [4.78, 5) is 9.12. The number of imidazole rings is 1. The van der Waals surface area contributed by atoms with Crippen LogP contribution in [0.2, 0.25) is 0 Å². The number of allylic oxidation sites excluding steroid dienone is 4. The van der Waals surface area contributed by atoms with Crippen molar-refractivity contribution in [2.45, 2.75) is 19.0 Å². The molecule has 2 heterocycles. The molecule has 1 unspecified atom stereocenters. The monoisotopic (exact) mass is 279 g/mol. The maximum absolute atomic E-state index is 13.8. The number of halogens is 1. The van der Waals surface area contributed by atoms with Crippen LogP contribution in [0.5, 0.6) is 0 Å². The van der Waals surface area contributed by atoms with Gasteiger partial charge in [0.2, 0.25) is 5.78 Å². The Kier molecular flexibility index (Phi) is 2.48. The summed E-state index contributed by atoms with van der Waals surface area (Å²) in [7, 11) is 0. The summed E-state index contributed by atoms with van der Waals surface area (Å²) in [6.07, 6.45) is 7.62. The van der Waals surface area contributed by atoms with Crippen molar-refractivity contribution in [3.63, 3.8) is 0 Å². The van der Waals surface area contributed by atoms with E-state index in [9.17, 15) is 4.39 Å². The van der Waals surface area contributed by atoms with Crippen molar-refractivity contribution < 1.29 is 4.39 Å². The molecule has 0 radical (unpaired) electrons. The van der Waals surface area contributed by atoms with Crippen molar-refractivity contribution in [3.8, 4) is 0 Å². The van der Waals surface area contributed by atoms with Gasteiger partial charge in [0, 0.05) is 12.6 Å². The highest BCUT2D eigenvalue weighted by molar-refractivity contribution is 5.80. The van der Waals surface area contributed by atoms with Crippen molar-refractivity contribution in [2.24, 2.45) is 0 Å². The van der Waals surface area contributed by atoms with Crippen LogP contribution in [-0.2, 0) is 0 Å². The average molecular weight is 279 g/mol. The molecule has 2 aromatic heterocycles. The van der Waals surface area contributed by atoms with E-state index in [1.54, 1.807) is 19.1 Å². The molecule has 0 fully saturated rings. The summed E-state index contributed by atoms with van der Waals surface area (Å²) in [5, 5.41) is 0. The van der Waals surface area contributed by atoms with Crippen LogP contribution in [0, 0.1) is 0 Å². The SMILES string of the molecule is CC1(F)C=CC(c2ccn3c(n2)nc2ccccc23)=CC1. The van der Waals surface area contributed by atoms with Gasteiger partial charge in [0.05, 0.1) is 16.7 Å². The number of hydrogen-bond acceptors (Lipinski definition) is 2. The molecule has 0 amide bonds. The first kappa shape index (κ1) is 12.3. The zero-order valence-corrected chi connectivity index (χ0v) is 11.6. The number of aromatic nitrogens is 3. The second kappa shape index (κ2) is 4.25. The summed E-state index contributed by atoms with van der Waals surface area (Å²) in [5.41, 5.74) is 2.47. The highest BCUT2D eigenvalue weighted by Gasteiger charge is 2.21. The Hall–Kier alpha value is -2.49. The summed E-state index contributed by atoms with van der Waals surface area (Å²) < 4.78 is 15.7. The van der Waals surface area contributed by atoms with E-state index in [-0.39, 0.29) is 0 Å². The van der Waals surface area contributed by atoms with E-state index >= 15 is 0 Å². The maximum Gasteiger partial charge on any atom is 0.235 e. The highest BCUT2D eigenvalue weighted by atomic mass is 19.1. The molecule has 0 saturated carbocycles. The van der Waals surface area contributed by atoms with Gasteiger partial charge in [-0.15, -0.1) is 0 Å². The molecular weight excluding hydrogens is 265 g/mol. The average Bonchev–Trinajstić information content (AvgIpc) is 2.84. The van der Waals surface area contributed by atoms with Crippen LogP contribution in [0.3, 0.4) is 0 Å². The highest BCUT2D eigenvalue weighted by Crippen LogP contribution is 2.28. The van der Waals surface area contributed by atoms with E-state index in [4.69, 9.17) is 0 Å². The zero-order valence-electron chi connectivity index (χ0n) is 11.6.